The first-order valence-corrected chi connectivity index (χ1v) is 6.02. The highest BCUT2D eigenvalue weighted by atomic mass is 35.5. The van der Waals surface area contributed by atoms with Gasteiger partial charge in [-0.3, -0.25) is 0 Å². The van der Waals surface area contributed by atoms with Crippen LogP contribution < -0.4 is 5.73 Å². The molecule has 0 spiro atoms. The molecule has 0 fully saturated rings. The van der Waals surface area contributed by atoms with Crippen molar-refractivity contribution in [3.8, 4) is 5.82 Å². The fourth-order valence-electron chi connectivity index (χ4n) is 1.68. The van der Waals surface area contributed by atoms with Crippen LogP contribution in [-0.2, 0) is 12.8 Å². The minimum atomic E-state index is 0.519. The fourth-order valence-corrected chi connectivity index (χ4v) is 1.94. The van der Waals surface area contributed by atoms with Gasteiger partial charge in [-0.25, -0.2) is 9.67 Å². The summed E-state index contributed by atoms with van der Waals surface area (Å²) in [7, 11) is 0. The van der Waals surface area contributed by atoms with Gasteiger partial charge < -0.3 is 5.73 Å². The second kappa shape index (κ2) is 4.75. The minimum Gasteiger partial charge on any atom is -0.397 e. The van der Waals surface area contributed by atoms with Crippen LogP contribution in [0.1, 0.15) is 25.2 Å². The van der Waals surface area contributed by atoms with Gasteiger partial charge in [-0.15, -0.1) is 0 Å². The Morgan fingerprint density at radius 2 is 2.06 bits per heavy atom. The van der Waals surface area contributed by atoms with Gasteiger partial charge in [0, 0.05) is 5.69 Å². The van der Waals surface area contributed by atoms with Gasteiger partial charge in [0.25, 0.3) is 0 Å². The molecule has 0 amide bonds. The first-order chi connectivity index (χ1) is 8.15. The minimum absolute atomic E-state index is 0.519. The van der Waals surface area contributed by atoms with Gasteiger partial charge in [-0.2, -0.15) is 5.10 Å². The monoisotopic (exact) mass is 250 g/mol. The molecule has 0 bridgehead atoms. The molecule has 2 aromatic heterocycles. The van der Waals surface area contributed by atoms with E-state index in [-0.39, 0.29) is 0 Å². The number of pyridine rings is 1. The number of nitrogens with two attached hydrogens (primary N) is 1. The summed E-state index contributed by atoms with van der Waals surface area (Å²) in [5.41, 5.74) is 8.32. The molecule has 0 saturated heterocycles. The molecule has 0 aromatic carbocycles. The molecule has 17 heavy (non-hydrogen) atoms. The van der Waals surface area contributed by atoms with E-state index in [1.807, 2.05) is 0 Å². The maximum Gasteiger partial charge on any atom is 0.172 e. The summed E-state index contributed by atoms with van der Waals surface area (Å²) in [5, 5.41) is 5.01. The second-order valence-electron chi connectivity index (χ2n) is 3.82. The highest BCUT2D eigenvalue weighted by Crippen LogP contribution is 2.22. The van der Waals surface area contributed by atoms with E-state index >= 15 is 0 Å². The second-order valence-corrected chi connectivity index (χ2v) is 4.23. The van der Waals surface area contributed by atoms with E-state index in [9.17, 15) is 0 Å². The molecule has 90 valence electrons. The number of rotatable bonds is 3. The molecule has 2 aromatic rings. The molecule has 0 atom stereocenters. The van der Waals surface area contributed by atoms with Crippen LogP contribution in [0.5, 0.6) is 0 Å². The van der Waals surface area contributed by atoms with Crippen molar-refractivity contribution in [1.82, 2.24) is 14.8 Å². The SMILES string of the molecule is CCc1cc(CC)n(-c2ncc(N)cc2Cl)n1. The van der Waals surface area contributed by atoms with Gasteiger partial charge in [0.1, 0.15) is 0 Å². The van der Waals surface area contributed by atoms with Crippen LogP contribution in [0.3, 0.4) is 0 Å². The molecule has 0 radical (unpaired) electrons. The molecule has 5 heteroatoms. The lowest BCUT2D eigenvalue weighted by Crippen LogP contribution is -2.05. The van der Waals surface area contributed by atoms with Gasteiger partial charge in [-0.1, -0.05) is 25.4 Å². The molecule has 0 unspecified atom stereocenters. The van der Waals surface area contributed by atoms with Crippen LogP contribution in [0.2, 0.25) is 5.02 Å². The van der Waals surface area contributed by atoms with Crippen molar-refractivity contribution < 1.29 is 0 Å². The van der Waals surface area contributed by atoms with Gasteiger partial charge in [0.05, 0.1) is 22.6 Å². The molecule has 2 heterocycles. The molecular formula is C12H15ClN4. The Balaban J connectivity index is 2.55. The lowest BCUT2D eigenvalue weighted by Gasteiger charge is -2.07. The molecule has 0 aliphatic rings. The number of nitrogens with zero attached hydrogens (tertiary/aromatic N) is 3. The number of anilines is 1. The Hall–Kier alpha value is -1.55. The van der Waals surface area contributed by atoms with E-state index in [4.69, 9.17) is 17.3 Å². The van der Waals surface area contributed by atoms with Gasteiger partial charge >= 0.3 is 0 Å². The van der Waals surface area contributed by atoms with Crippen molar-refractivity contribution >= 4 is 17.3 Å². The van der Waals surface area contributed by atoms with Crippen LogP contribution in [0.15, 0.2) is 18.3 Å². The predicted molar refractivity (Wildman–Crippen MR) is 69.5 cm³/mol. The Bertz CT molecular complexity index is 533. The van der Waals surface area contributed by atoms with Crippen LogP contribution in [-0.4, -0.2) is 14.8 Å². The number of hydrogen-bond acceptors (Lipinski definition) is 3. The predicted octanol–water partition coefficient (Wildman–Crippen LogP) is 2.63. The lowest BCUT2D eigenvalue weighted by atomic mass is 10.2. The molecule has 0 saturated carbocycles. The van der Waals surface area contributed by atoms with E-state index in [2.05, 4.69) is 30.0 Å². The number of aromatic nitrogens is 3. The van der Waals surface area contributed by atoms with Crippen molar-refractivity contribution in [2.75, 3.05) is 5.73 Å². The zero-order valence-corrected chi connectivity index (χ0v) is 10.7. The summed E-state index contributed by atoms with van der Waals surface area (Å²) in [6.07, 6.45) is 3.37. The fraction of sp³-hybridized carbons (Fsp3) is 0.333. The summed E-state index contributed by atoms with van der Waals surface area (Å²) in [6, 6.07) is 3.77. The third-order valence-electron chi connectivity index (χ3n) is 2.60. The zero-order chi connectivity index (χ0) is 12.4. The number of nitrogen functional groups attached to an aromatic ring is 1. The highest BCUT2D eigenvalue weighted by Gasteiger charge is 2.11. The standard InChI is InChI=1S/C12H15ClN4/c1-3-9-6-10(4-2)17(16-9)12-11(13)5-8(14)7-15-12/h5-7H,3-4,14H2,1-2H3. The summed E-state index contributed by atoms with van der Waals surface area (Å²) < 4.78 is 1.79. The maximum absolute atomic E-state index is 6.14. The van der Waals surface area contributed by atoms with E-state index in [1.165, 1.54) is 0 Å². The summed E-state index contributed by atoms with van der Waals surface area (Å²) in [5.74, 6) is 0.636. The molecule has 0 aliphatic heterocycles. The molecule has 2 N–H and O–H groups in total. The summed E-state index contributed by atoms with van der Waals surface area (Å²) in [6.45, 7) is 4.16. The molecule has 2 rings (SSSR count). The Morgan fingerprint density at radius 1 is 1.29 bits per heavy atom. The van der Waals surface area contributed by atoms with Crippen molar-refractivity contribution in [1.29, 1.82) is 0 Å². The van der Waals surface area contributed by atoms with Gasteiger partial charge in [0.15, 0.2) is 5.82 Å². The van der Waals surface area contributed by atoms with Crippen molar-refractivity contribution in [2.45, 2.75) is 26.7 Å². The Labute approximate surface area is 105 Å². The van der Waals surface area contributed by atoms with E-state index in [1.54, 1.807) is 16.9 Å². The van der Waals surface area contributed by atoms with Crippen LogP contribution in [0.4, 0.5) is 5.69 Å². The maximum atomic E-state index is 6.14. The van der Waals surface area contributed by atoms with Crippen molar-refractivity contribution in [2.24, 2.45) is 0 Å². The first kappa shape index (κ1) is 11.9. The zero-order valence-electron chi connectivity index (χ0n) is 9.94. The van der Waals surface area contributed by atoms with E-state index in [0.29, 0.717) is 16.5 Å². The van der Waals surface area contributed by atoms with E-state index in [0.717, 1.165) is 24.2 Å². The normalized spacial score (nSPS) is 10.8. The average molecular weight is 251 g/mol. The van der Waals surface area contributed by atoms with Crippen LogP contribution >= 0.6 is 11.6 Å². The molecule has 0 aliphatic carbocycles. The van der Waals surface area contributed by atoms with Crippen molar-refractivity contribution in [3.05, 3.63) is 34.7 Å². The van der Waals surface area contributed by atoms with E-state index < -0.39 is 0 Å². The quantitative estimate of drug-likeness (QED) is 0.911. The smallest absolute Gasteiger partial charge is 0.172 e. The largest absolute Gasteiger partial charge is 0.397 e. The van der Waals surface area contributed by atoms with Crippen LogP contribution in [0, 0.1) is 0 Å². The highest BCUT2D eigenvalue weighted by molar-refractivity contribution is 6.32. The number of halogens is 1. The van der Waals surface area contributed by atoms with Gasteiger partial charge in [-0.05, 0) is 25.0 Å². The summed E-state index contributed by atoms with van der Waals surface area (Å²) >= 11 is 6.14. The third kappa shape index (κ3) is 2.26. The average Bonchev–Trinajstić information content (AvgIpc) is 2.72. The number of aryl methyl sites for hydroxylation is 2. The summed E-state index contributed by atoms with van der Waals surface area (Å²) in [4.78, 5) is 4.25. The third-order valence-corrected chi connectivity index (χ3v) is 2.88. The molecule has 4 nitrogen and oxygen atoms in total. The van der Waals surface area contributed by atoms with Crippen molar-refractivity contribution in [3.63, 3.8) is 0 Å². The Morgan fingerprint density at radius 3 is 2.65 bits per heavy atom. The topological polar surface area (TPSA) is 56.7 Å². The number of hydrogen-bond donors (Lipinski definition) is 1. The first-order valence-electron chi connectivity index (χ1n) is 5.64. The molecular weight excluding hydrogens is 236 g/mol. The van der Waals surface area contributed by atoms with Gasteiger partial charge in [0.2, 0.25) is 0 Å². The lowest BCUT2D eigenvalue weighted by molar-refractivity contribution is 0.773. The van der Waals surface area contributed by atoms with Crippen LogP contribution in [0.25, 0.3) is 5.82 Å². The Kier molecular flexibility index (Phi) is 3.33.